The molecule has 60 heavy (non-hydrogen) atoms. The van der Waals surface area contributed by atoms with Gasteiger partial charge in [0.15, 0.2) is 0 Å². The first kappa shape index (κ1) is 36.6. The maximum Gasteiger partial charge on any atom is 0.0887 e. The van der Waals surface area contributed by atoms with Gasteiger partial charge in [0.05, 0.1) is 43.9 Å². The molecule has 9 aromatic rings. The first-order chi connectivity index (χ1) is 28.8. The molecule has 3 heteroatoms. The van der Waals surface area contributed by atoms with Crippen molar-refractivity contribution >= 4 is 89.5 Å². The molecule has 0 radical (unpaired) electrons. The van der Waals surface area contributed by atoms with Crippen molar-refractivity contribution in [2.45, 2.75) is 174 Å². The van der Waals surface area contributed by atoms with E-state index in [2.05, 4.69) is 168 Å². The lowest BCUT2D eigenvalue weighted by Gasteiger charge is -2.42. The minimum absolute atomic E-state index is 0.00732. The van der Waals surface area contributed by atoms with Gasteiger partial charge in [-0.05, 0) is 128 Å². The molecule has 0 aliphatic heterocycles. The summed E-state index contributed by atoms with van der Waals surface area (Å²) in [6.45, 7) is 38.9. The van der Waals surface area contributed by atoms with E-state index in [0.717, 1.165) is 45.4 Å². The number of fused-ring (bicyclic) bond motifs is 16. The van der Waals surface area contributed by atoms with Crippen molar-refractivity contribution < 1.29 is 2.74 Å². The highest BCUT2D eigenvalue weighted by atomic mass is 28.3. The van der Waals surface area contributed by atoms with Gasteiger partial charge in [0.25, 0.3) is 0 Å². The molecule has 0 amide bonds. The molecule has 5 aromatic carbocycles. The van der Waals surface area contributed by atoms with E-state index in [1.165, 1.54) is 89.5 Å². The Kier molecular flexibility index (Phi) is 7.00. The van der Waals surface area contributed by atoms with E-state index in [9.17, 15) is 2.74 Å². The van der Waals surface area contributed by atoms with Crippen LogP contribution in [0.5, 0.6) is 0 Å². The predicted octanol–water partition coefficient (Wildman–Crippen LogP) is 16.1. The van der Waals surface area contributed by atoms with Gasteiger partial charge >= 0.3 is 0 Å². The van der Waals surface area contributed by atoms with Crippen LogP contribution < -0.4 is 5.19 Å². The smallest absolute Gasteiger partial charge is 0.0887 e. The van der Waals surface area contributed by atoms with Crippen molar-refractivity contribution in [2.24, 2.45) is 0 Å². The molecule has 11 rings (SSSR count). The third kappa shape index (κ3) is 4.66. The van der Waals surface area contributed by atoms with Crippen LogP contribution in [0.2, 0.25) is 17.6 Å². The zero-order valence-electron chi connectivity index (χ0n) is 41.5. The second-order valence-corrected chi connectivity index (χ2v) is 29.8. The number of aromatic nitrogens is 2. The highest BCUT2D eigenvalue weighted by Gasteiger charge is 2.43. The molecule has 0 N–H and O–H groups in total. The Balaban J connectivity index is 1.42. The predicted molar refractivity (Wildman–Crippen MR) is 266 cm³/mol. The minimum atomic E-state index is -2.06. The van der Waals surface area contributed by atoms with Crippen molar-refractivity contribution in [3.8, 4) is 0 Å². The molecule has 0 saturated carbocycles. The molecule has 4 aromatic heterocycles. The van der Waals surface area contributed by atoms with E-state index < -0.39 is 8.07 Å². The Hall–Kier alpha value is -4.08. The second kappa shape index (κ2) is 11.5. The van der Waals surface area contributed by atoms with E-state index in [-0.39, 0.29) is 27.1 Å². The highest BCUT2D eigenvalue weighted by molar-refractivity contribution is 6.93. The molecule has 0 saturated heterocycles. The average Bonchev–Trinajstić information content (AvgIpc) is 3.92. The quantitative estimate of drug-likeness (QED) is 0.157. The van der Waals surface area contributed by atoms with Crippen LogP contribution >= 0.6 is 0 Å². The monoisotopic (exact) mass is 811 g/mol. The molecule has 0 unspecified atom stereocenters. The summed E-state index contributed by atoms with van der Waals surface area (Å²) in [6.07, 6.45) is 4.62. The largest absolute Gasteiger partial charge is 0.308 e. The van der Waals surface area contributed by atoms with E-state index >= 15 is 0 Å². The SMILES string of the molecule is [2H]c1c2c3cc([Si](C)(C(C)C)C(C)C)cc4c5c6c(ccc5n(c2c([2H])c2c5cc(C(C)(C)C)cc7c8c9c(ccc8n(c12)c75)C(C)(C)CCC9(C)C)c43)C(C)(C)CCC6(C)C. The van der Waals surface area contributed by atoms with Crippen molar-refractivity contribution in [1.29, 1.82) is 0 Å². The van der Waals surface area contributed by atoms with E-state index in [4.69, 9.17) is 0 Å². The van der Waals surface area contributed by atoms with E-state index in [1.807, 2.05) is 0 Å². The van der Waals surface area contributed by atoms with E-state index in [1.54, 1.807) is 0 Å². The van der Waals surface area contributed by atoms with Gasteiger partial charge in [-0.3, -0.25) is 0 Å². The highest BCUT2D eigenvalue weighted by Crippen LogP contribution is 2.55. The Morgan fingerprint density at radius 1 is 0.533 bits per heavy atom. The fourth-order valence-electron chi connectivity index (χ4n) is 12.9. The van der Waals surface area contributed by atoms with E-state index in [0.29, 0.717) is 23.2 Å². The zero-order chi connectivity index (χ0) is 44.5. The third-order valence-electron chi connectivity index (χ3n) is 17.4. The minimum Gasteiger partial charge on any atom is -0.308 e. The lowest BCUT2D eigenvalue weighted by atomic mass is 9.62. The lowest BCUT2D eigenvalue weighted by Crippen LogP contribution is -2.50. The molecule has 0 fully saturated rings. The second-order valence-electron chi connectivity index (χ2n) is 24.4. The normalized spacial score (nSPS) is 19.7. The number of rotatable bonds is 3. The van der Waals surface area contributed by atoms with Gasteiger partial charge in [-0.25, -0.2) is 0 Å². The summed E-state index contributed by atoms with van der Waals surface area (Å²) in [5.41, 5.74) is 14.9. The molecule has 0 spiro atoms. The molecular formula is C57H68N2Si. The Morgan fingerprint density at radius 3 is 1.35 bits per heavy atom. The number of hydrogen-bond donors (Lipinski definition) is 0. The lowest BCUT2D eigenvalue weighted by molar-refractivity contribution is 0.334. The van der Waals surface area contributed by atoms with Gasteiger partial charge < -0.3 is 8.80 Å². The van der Waals surface area contributed by atoms with Crippen molar-refractivity contribution in [3.63, 3.8) is 0 Å². The van der Waals surface area contributed by atoms with Gasteiger partial charge in [-0.1, -0.05) is 140 Å². The van der Waals surface area contributed by atoms with Crippen LogP contribution in [-0.4, -0.2) is 16.9 Å². The molecule has 2 nitrogen and oxygen atoms in total. The standard InChI is InChI=1S/C57H68N2Si/c1-31(2)60(16,32(3)4)34-27-38-36-30-45-35(29-46(36)59-44-20-18-42-50(48(44)40(28-34)52(38)59)57(14,15)24-22-55(42,10)11)37-25-33(53(5,6)7)26-39-47-43(58(45)51(37)39)19-17-41-49(47)56(12,13)23-21-54(41,8)9/h17-20,25-32H,21-24H2,1-16H3/i29D,30D. The van der Waals surface area contributed by atoms with Crippen LogP contribution in [0.1, 0.15) is 160 Å². The van der Waals surface area contributed by atoms with Crippen LogP contribution in [0, 0.1) is 0 Å². The number of benzene rings is 5. The summed E-state index contributed by atoms with van der Waals surface area (Å²) in [5.74, 6) is 0. The topological polar surface area (TPSA) is 8.82 Å². The Morgan fingerprint density at radius 2 is 0.917 bits per heavy atom. The summed E-state index contributed by atoms with van der Waals surface area (Å²) in [7, 11) is -2.06. The first-order valence-electron chi connectivity index (χ1n) is 24.3. The fourth-order valence-corrected chi connectivity index (χ4v) is 16.5. The summed E-state index contributed by atoms with van der Waals surface area (Å²) in [5, 5.41) is 11.0. The third-order valence-corrected chi connectivity index (χ3v) is 23.8. The summed E-state index contributed by atoms with van der Waals surface area (Å²) >= 11 is 0. The van der Waals surface area contributed by atoms with Gasteiger partial charge in [0, 0.05) is 43.1 Å². The molecule has 0 atom stereocenters. The summed E-state index contributed by atoms with van der Waals surface area (Å²) < 4.78 is 26.3. The first-order valence-corrected chi connectivity index (χ1v) is 25.9. The van der Waals surface area contributed by atoms with Crippen LogP contribution in [0.3, 0.4) is 0 Å². The average molecular weight is 811 g/mol. The fraction of sp³-hybridized carbons (Fsp3) is 0.474. The van der Waals surface area contributed by atoms with Gasteiger partial charge in [-0.2, -0.15) is 0 Å². The van der Waals surface area contributed by atoms with Gasteiger partial charge in [-0.15, -0.1) is 0 Å². The Labute approximate surface area is 362 Å². The molecular weight excluding hydrogens is 741 g/mol. The van der Waals surface area contributed by atoms with Crippen molar-refractivity contribution in [1.82, 2.24) is 8.80 Å². The molecule has 4 heterocycles. The molecule has 2 aliphatic rings. The van der Waals surface area contributed by atoms with Gasteiger partial charge in [0.1, 0.15) is 0 Å². The van der Waals surface area contributed by atoms with Crippen molar-refractivity contribution in [3.05, 3.63) is 88.4 Å². The van der Waals surface area contributed by atoms with Crippen LogP contribution in [0.4, 0.5) is 0 Å². The maximum absolute atomic E-state index is 10.7. The Bertz CT molecular complexity index is 3420. The summed E-state index contributed by atoms with van der Waals surface area (Å²) in [4.78, 5) is 0. The summed E-state index contributed by atoms with van der Waals surface area (Å²) in [6, 6.07) is 20.7. The zero-order valence-corrected chi connectivity index (χ0v) is 40.5. The van der Waals surface area contributed by atoms with Crippen LogP contribution in [0.25, 0.3) is 76.2 Å². The molecule has 310 valence electrons. The van der Waals surface area contributed by atoms with Crippen LogP contribution in [-0.2, 0) is 27.1 Å². The molecule has 0 bridgehead atoms. The van der Waals surface area contributed by atoms with Crippen LogP contribution in [0.15, 0.2) is 60.6 Å². The maximum atomic E-state index is 10.7. The number of nitrogens with zero attached hydrogens (tertiary/aromatic N) is 2. The van der Waals surface area contributed by atoms with Gasteiger partial charge in [0.2, 0.25) is 0 Å². The van der Waals surface area contributed by atoms with Crippen molar-refractivity contribution in [2.75, 3.05) is 0 Å². The number of hydrogen-bond acceptors (Lipinski definition) is 0. The molecule has 2 aliphatic carbocycles.